The summed E-state index contributed by atoms with van der Waals surface area (Å²) in [5, 5.41) is 7.27. The van der Waals surface area contributed by atoms with Crippen molar-refractivity contribution < 1.29 is 4.74 Å². The number of hydrogen-bond acceptors (Lipinski definition) is 7. The van der Waals surface area contributed by atoms with Gasteiger partial charge in [0.05, 0.1) is 30.8 Å². The number of hydrogen-bond donors (Lipinski definition) is 2. The molecular weight excluding hydrogens is 318 g/mol. The van der Waals surface area contributed by atoms with Gasteiger partial charge in [0.1, 0.15) is 0 Å². The molecule has 0 saturated carbocycles. The molecule has 9 nitrogen and oxygen atoms in total. The van der Waals surface area contributed by atoms with Crippen LogP contribution in [0.3, 0.4) is 0 Å². The van der Waals surface area contributed by atoms with Gasteiger partial charge in [0, 0.05) is 25.5 Å². The highest BCUT2D eigenvalue weighted by Crippen LogP contribution is 2.30. The number of H-pyrrole nitrogens is 2. The number of thiazole rings is 1. The highest BCUT2D eigenvalue weighted by Gasteiger charge is 2.17. The van der Waals surface area contributed by atoms with Crippen molar-refractivity contribution in [3.8, 4) is 10.7 Å². The minimum atomic E-state index is -0.311. The molecule has 2 N–H and O–H groups in total. The van der Waals surface area contributed by atoms with Crippen LogP contribution in [0.2, 0.25) is 0 Å². The molecule has 0 bridgehead atoms. The second-order valence-electron chi connectivity index (χ2n) is 5.11. The Kier molecular flexibility index (Phi) is 3.67. The molecule has 3 aromatic heterocycles. The molecule has 0 radical (unpaired) electrons. The van der Waals surface area contributed by atoms with Crippen LogP contribution in [0.1, 0.15) is 5.82 Å². The van der Waals surface area contributed by atoms with Gasteiger partial charge in [-0.25, -0.2) is 19.9 Å². The van der Waals surface area contributed by atoms with Gasteiger partial charge in [0.2, 0.25) is 0 Å². The van der Waals surface area contributed by atoms with E-state index in [9.17, 15) is 4.79 Å². The van der Waals surface area contributed by atoms with Crippen LogP contribution in [-0.2, 0) is 11.3 Å². The van der Waals surface area contributed by atoms with Gasteiger partial charge in [-0.1, -0.05) is 11.3 Å². The maximum atomic E-state index is 11.1. The Labute approximate surface area is 135 Å². The van der Waals surface area contributed by atoms with Crippen molar-refractivity contribution in [1.29, 1.82) is 0 Å². The number of morpholine rings is 1. The number of aromatic nitrogens is 6. The molecule has 0 unspecified atom stereocenters. The van der Waals surface area contributed by atoms with Crippen LogP contribution in [0.4, 0.5) is 5.13 Å². The van der Waals surface area contributed by atoms with Gasteiger partial charge in [-0.3, -0.25) is 4.98 Å². The third-order valence-electron chi connectivity index (χ3n) is 3.58. The molecule has 1 aliphatic heterocycles. The van der Waals surface area contributed by atoms with E-state index >= 15 is 0 Å². The Bertz CT molecular complexity index is 842. The smallest absolute Gasteiger partial charge is 0.340 e. The van der Waals surface area contributed by atoms with E-state index in [0.717, 1.165) is 42.1 Å². The number of rotatable bonds is 4. The Morgan fingerprint density at radius 3 is 2.96 bits per heavy atom. The molecule has 4 heterocycles. The van der Waals surface area contributed by atoms with Crippen LogP contribution < -0.4 is 10.6 Å². The molecule has 0 amide bonds. The monoisotopic (exact) mass is 333 g/mol. The topological polar surface area (TPSA) is 105 Å². The van der Waals surface area contributed by atoms with Crippen LogP contribution in [0, 0.1) is 0 Å². The number of ether oxygens (including phenoxy) is 1. The standard InChI is InChI=1S/C13H15N7O2S/c21-12-16-10(17-18-12)8-20-2-1-14-11(20)9-7-15-13(23-9)19-3-5-22-6-4-19/h1-2,7H,3-6,8H2,(H2,16,17,18,21). The van der Waals surface area contributed by atoms with Crippen molar-refractivity contribution in [2.45, 2.75) is 6.54 Å². The summed E-state index contributed by atoms with van der Waals surface area (Å²) in [6, 6.07) is 0. The molecule has 4 rings (SSSR count). The lowest BCUT2D eigenvalue weighted by atomic mass is 10.4. The summed E-state index contributed by atoms with van der Waals surface area (Å²) in [5.74, 6) is 1.37. The maximum absolute atomic E-state index is 11.1. The number of aromatic amines is 2. The van der Waals surface area contributed by atoms with Crippen molar-refractivity contribution in [3.05, 3.63) is 34.9 Å². The Hall–Kier alpha value is -2.46. The van der Waals surface area contributed by atoms with Crippen LogP contribution >= 0.6 is 11.3 Å². The fraction of sp³-hybridized carbons (Fsp3) is 0.385. The molecule has 120 valence electrons. The van der Waals surface area contributed by atoms with Gasteiger partial charge >= 0.3 is 5.69 Å². The zero-order valence-electron chi connectivity index (χ0n) is 12.2. The van der Waals surface area contributed by atoms with Crippen molar-refractivity contribution in [3.63, 3.8) is 0 Å². The summed E-state index contributed by atoms with van der Waals surface area (Å²) in [6.45, 7) is 3.62. The maximum Gasteiger partial charge on any atom is 0.340 e. The van der Waals surface area contributed by atoms with E-state index < -0.39 is 0 Å². The third kappa shape index (κ3) is 2.90. The van der Waals surface area contributed by atoms with Crippen LogP contribution in [-0.4, -0.2) is 56.0 Å². The van der Waals surface area contributed by atoms with Gasteiger partial charge in [0.15, 0.2) is 16.8 Å². The van der Waals surface area contributed by atoms with Gasteiger partial charge < -0.3 is 14.2 Å². The van der Waals surface area contributed by atoms with E-state index in [1.54, 1.807) is 17.5 Å². The quantitative estimate of drug-likeness (QED) is 0.712. The van der Waals surface area contributed by atoms with Gasteiger partial charge in [-0.15, -0.1) is 0 Å². The molecule has 1 saturated heterocycles. The van der Waals surface area contributed by atoms with E-state index in [2.05, 4.69) is 30.0 Å². The first-order valence-corrected chi connectivity index (χ1v) is 8.05. The normalized spacial score (nSPS) is 15.2. The van der Waals surface area contributed by atoms with E-state index in [1.165, 1.54) is 0 Å². The Balaban J connectivity index is 1.57. The van der Waals surface area contributed by atoms with Gasteiger partial charge in [-0.05, 0) is 0 Å². The summed E-state index contributed by atoms with van der Waals surface area (Å²) in [4.78, 5) is 25.9. The average Bonchev–Trinajstić information content (AvgIpc) is 3.29. The van der Waals surface area contributed by atoms with E-state index in [-0.39, 0.29) is 5.69 Å². The van der Waals surface area contributed by atoms with Crippen LogP contribution in [0.5, 0.6) is 0 Å². The minimum absolute atomic E-state index is 0.311. The number of imidazole rings is 1. The molecular formula is C13H15N7O2S. The van der Waals surface area contributed by atoms with Crippen molar-refractivity contribution in [2.75, 3.05) is 31.2 Å². The van der Waals surface area contributed by atoms with Crippen LogP contribution in [0.15, 0.2) is 23.4 Å². The van der Waals surface area contributed by atoms with Crippen molar-refractivity contribution in [2.24, 2.45) is 0 Å². The predicted molar refractivity (Wildman–Crippen MR) is 84.7 cm³/mol. The lowest BCUT2D eigenvalue weighted by Gasteiger charge is -2.25. The van der Waals surface area contributed by atoms with Gasteiger partial charge in [0.25, 0.3) is 0 Å². The molecule has 0 spiro atoms. The fourth-order valence-electron chi connectivity index (χ4n) is 2.47. The Morgan fingerprint density at radius 2 is 2.17 bits per heavy atom. The zero-order chi connectivity index (χ0) is 15.6. The summed E-state index contributed by atoms with van der Waals surface area (Å²) >= 11 is 1.60. The molecule has 1 fully saturated rings. The first-order chi connectivity index (χ1) is 11.3. The van der Waals surface area contributed by atoms with E-state index in [0.29, 0.717) is 12.4 Å². The zero-order valence-corrected chi connectivity index (χ0v) is 13.0. The molecule has 3 aromatic rings. The highest BCUT2D eigenvalue weighted by atomic mass is 32.1. The summed E-state index contributed by atoms with van der Waals surface area (Å²) in [5.41, 5.74) is -0.311. The first kappa shape index (κ1) is 14.2. The largest absolute Gasteiger partial charge is 0.378 e. The lowest BCUT2D eigenvalue weighted by molar-refractivity contribution is 0.122. The lowest BCUT2D eigenvalue weighted by Crippen LogP contribution is -2.36. The minimum Gasteiger partial charge on any atom is -0.378 e. The van der Waals surface area contributed by atoms with Crippen LogP contribution in [0.25, 0.3) is 10.7 Å². The molecule has 0 aromatic carbocycles. The summed E-state index contributed by atoms with van der Waals surface area (Å²) < 4.78 is 7.30. The third-order valence-corrected chi connectivity index (χ3v) is 4.64. The summed E-state index contributed by atoms with van der Waals surface area (Å²) in [7, 11) is 0. The molecule has 23 heavy (non-hydrogen) atoms. The number of nitrogens with one attached hydrogen (secondary N) is 2. The van der Waals surface area contributed by atoms with E-state index in [4.69, 9.17) is 4.74 Å². The fourth-order valence-corrected chi connectivity index (χ4v) is 3.45. The average molecular weight is 333 g/mol. The number of nitrogens with zero attached hydrogens (tertiary/aromatic N) is 5. The molecule has 0 atom stereocenters. The molecule has 1 aliphatic rings. The summed E-state index contributed by atoms with van der Waals surface area (Å²) in [6.07, 6.45) is 5.42. The SMILES string of the molecule is O=c1[nH]nc(Cn2ccnc2-c2cnc(N3CCOCC3)s2)[nH]1. The van der Waals surface area contributed by atoms with Gasteiger partial charge in [-0.2, -0.15) is 5.10 Å². The molecule has 0 aliphatic carbocycles. The Morgan fingerprint density at radius 1 is 1.30 bits per heavy atom. The molecule has 10 heteroatoms. The van der Waals surface area contributed by atoms with Crippen molar-refractivity contribution in [1.82, 2.24) is 29.7 Å². The predicted octanol–water partition coefficient (Wildman–Crippen LogP) is 0.303. The highest BCUT2D eigenvalue weighted by molar-refractivity contribution is 7.18. The second-order valence-corrected chi connectivity index (χ2v) is 6.12. The number of anilines is 1. The first-order valence-electron chi connectivity index (χ1n) is 7.23. The second kappa shape index (κ2) is 5.97. The van der Waals surface area contributed by atoms with E-state index in [1.807, 2.05) is 17.0 Å². The van der Waals surface area contributed by atoms with Crippen molar-refractivity contribution >= 4 is 16.5 Å².